The summed E-state index contributed by atoms with van der Waals surface area (Å²) >= 11 is 1.23. The van der Waals surface area contributed by atoms with Crippen LogP contribution in [0.4, 0.5) is 10.1 Å². The van der Waals surface area contributed by atoms with Crippen LogP contribution in [0.15, 0.2) is 29.3 Å². The van der Waals surface area contributed by atoms with Crippen LogP contribution in [0.2, 0.25) is 0 Å². The Morgan fingerprint density at radius 2 is 2.00 bits per heavy atom. The summed E-state index contributed by atoms with van der Waals surface area (Å²) in [6, 6.07) is 5.43. The van der Waals surface area contributed by atoms with Crippen molar-refractivity contribution < 1.29 is 23.5 Å². The Bertz CT molecular complexity index is 709. The quantitative estimate of drug-likeness (QED) is 0.495. The third-order valence-electron chi connectivity index (χ3n) is 3.80. The highest BCUT2D eigenvalue weighted by molar-refractivity contribution is 8.15. The summed E-state index contributed by atoms with van der Waals surface area (Å²) in [6.07, 6.45) is 2.78. The standard InChI is InChI=1S/C18H22FN3O4S/c1-26-16(24)5-3-2-4-10-20-18-22-17(25)14(27-18)11-15(23)21-13-8-6-12(19)7-9-13/h6-9,14H,2-5,10-11H2,1H3,(H,21,23)(H,20,22,25)/t14-/m0/s1. The summed E-state index contributed by atoms with van der Waals surface area (Å²) < 4.78 is 17.4. The first kappa shape index (κ1) is 20.9. The van der Waals surface area contributed by atoms with Gasteiger partial charge < -0.3 is 15.4 Å². The van der Waals surface area contributed by atoms with E-state index in [9.17, 15) is 18.8 Å². The van der Waals surface area contributed by atoms with Crippen LogP contribution in [0, 0.1) is 5.82 Å². The van der Waals surface area contributed by atoms with E-state index in [-0.39, 0.29) is 30.0 Å². The topological polar surface area (TPSA) is 96.9 Å². The van der Waals surface area contributed by atoms with Gasteiger partial charge in [0, 0.05) is 25.1 Å². The molecule has 7 nitrogen and oxygen atoms in total. The van der Waals surface area contributed by atoms with Crippen molar-refractivity contribution in [2.45, 2.75) is 37.4 Å². The van der Waals surface area contributed by atoms with Crippen molar-refractivity contribution in [3.8, 4) is 0 Å². The summed E-state index contributed by atoms with van der Waals surface area (Å²) in [5.74, 6) is -1.18. The number of hydrogen-bond acceptors (Lipinski definition) is 6. The first-order valence-electron chi connectivity index (χ1n) is 8.62. The van der Waals surface area contributed by atoms with E-state index in [1.165, 1.54) is 43.1 Å². The fourth-order valence-electron chi connectivity index (χ4n) is 2.37. The van der Waals surface area contributed by atoms with Crippen LogP contribution in [-0.4, -0.2) is 41.9 Å². The van der Waals surface area contributed by atoms with Crippen LogP contribution in [-0.2, 0) is 19.1 Å². The number of nitrogens with one attached hydrogen (secondary N) is 2. The molecule has 146 valence electrons. The van der Waals surface area contributed by atoms with Gasteiger partial charge >= 0.3 is 5.97 Å². The number of ether oxygens (including phenoxy) is 1. The van der Waals surface area contributed by atoms with Gasteiger partial charge in [0.1, 0.15) is 11.1 Å². The zero-order valence-corrected chi connectivity index (χ0v) is 15.8. The molecule has 9 heteroatoms. The molecule has 1 fully saturated rings. The van der Waals surface area contributed by atoms with Gasteiger partial charge in [-0.05, 0) is 37.1 Å². The van der Waals surface area contributed by atoms with Crippen molar-refractivity contribution in [1.29, 1.82) is 0 Å². The van der Waals surface area contributed by atoms with Gasteiger partial charge in [-0.3, -0.25) is 19.4 Å². The van der Waals surface area contributed by atoms with Crippen molar-refractivity contribution in [1.82, 2.24) is 5.32 Å². The van der Waals surface area contributed by atoms with Gasteiger partial charge in [0.25, 0.3) is 0 Å². The van der Waals surface area contributed by atoms with Crippen LogP contribution in [0.5, 0.6) is 0 Å². The number of amidine groups is 1. The molecule has 1 aliphatic heterocycles. The number of anilines is 1. The molecule has 0 spiro atoms. The molecule has 2 amide bonds. The third-order valence-corrected chi connectivity index (χ3v) is 4.92. The minimum absolute atomic E-state index is 0.00598. The van der Waals surface area contributed by atoms with E-state index in [2.05, 4.69) is 20.4 Å². The lowest BCUT2D eigenvalue weighted by Gasteiger charge is -2.07. The van der Waals surface area contributed by atoms with E-state index < -0.39 is 5.25 Å². The summed E-state index contributed by atoms with van der Waals surface area (Å²) in [6.45, 7) is 0.540. The van der Waals surface area contributed by atoms with Crippen LogP contribution in [0.25, 0.3) is 0 Å². The maximum absolute atomic E-state index is 12.9. The molecule has 1 heterocycles. The van der Waals surface area contributed by atoms with Crippen LogP contribution in [0.1, 0.15) is 32.1 Å². The second-order valence-electron chi connectivity index (χ2n) is 5.93. The Morgan fingerprint density at radius 3 is 2.70 bits per heavy atom. The van der Waals surface area contributed by atoms with Crippen molar-refractivity contribution >= 4 is 40.4 Å². The minimum Gasteiger partial charge on any atom is -0.469 e. The molecule has 1 aromatic rings. The van der Waals surface area contributed by atoms with Gasteiger partial charge in [-0.15, -0.1) is 0 Å². The average molecular weight is 395 g/mol. The number of halogens is 1. The second-order valence-corrected chi connectivity index (χ2v) is 7.12. The van der Waals surface area contributed by atoms with Crippen molar-refractivity contribution in [2.24, 2.45) is 4.99 Å². The largest absolute Gasteiger partial charge is 0.469 e. The maximum Gasteiger partial charge on any atom is 0.305 e. The predicted molar refractivity (Wildman–Crippen MR) is 102 cm³/mol. The average Bonchev–Trinajstić information content (AvgIpc) is 2.99. The van der Waals surface area contributed by atoms with Gasteiger partial charge in [-0.25, -0.2) is 4.39 Å². The number of amides is 2. The summed E-state index contributed by atoms with van der Waals surface area (Å²) in [4.78, 5) is 39.3. The van der Waals surface area contributed by atoms with Crippen molar-refractivity contribution in [3.05, 3.63) is 30.1 Å². The molecule has 1 saturated heterocycles. The van der Waals surface area contributed by atoms with E-state index in [0.29, 0.717) is 23.8 Å². The summed E-state index contributed by atoms with van der Waals surface area (Å²) in [5.41, 5.74) is 0.477. The smallest absolute Gasteiger partial charge is 0.305 e. The molecular formula is C18H22FN3O4S. The zero-order chi connectivity index (χ0) is 19.6. The Hall–Kier alpha value is -2.42. The maximum atomic E-state index is 12.9. The number of nitrogens with zero attached hydrogens (tertiary/aromatic N) is 1. The molecule has 0 aliphatic carbocycles. The number of carbonyl (C=O) groups is 3. The number of unbranched alkanes of at least 4 members (excludes halogenated alkanes) is 2. The number of benzene rings is 1. The first-order valence-corrected chi connectivity index (χ1v) is 9.50. The zero-order valence-electron chi connectivity index (χ0n) is 15.0. The molecule has 0 aromatic heterocycles. The van der Waals surface area contributed by atoms with Crippen molar-refractivity contribution in [2.75, 3.05) is 19.0 Å². The highest BCUT2D eigenvalue weighted by Gasteiger charge is 2.31. The van der Waals surface area contributed by atoms with Crippen LogP contribution in [0.3, 0.4) is 0 Å². The molecule has 1 atom stereocenters. The van der Waals surface area contributed by atoms with E-state index in [1.807, 2.05) is 0 Å². The lowest BCUT2D eigenvalue weighted by atomic mass is 10.2. The number of methoxy groups -OCH3 is 1. The SMILES string of the molecule is COC(=O)CCCCCN=C1NC(=O)[C@H](CC(=O)Nc2ccc(F)cc2)S1. The van der Waals surface area contributed by atoms with Gasteiger partial charge in [-0.1, -0.05) is 18.2 Å². The Labute approximate surface area is 161 Å². The van der Waals surface area contributed by atoms with Gasteiger partial charge in [0.05, 0.1) is 7.11 Å². The van der Waals surface area contributed by atoms with E-state index in [0.717, 1.165) is 19.3 Å². The van der Waals surface area contributed by atoms with Crippen LogP contribution < -0.4 is 10.6 Å². The molecular weight excluding hydrogens is 373 g/mol. The summed E-state index contributed by atoms with van der Waals surface area (Å²) in [7, 11) is 1.37. The molecule has 1 aliphatic rings. The van der Waals surface area contributed by atoms with Gasteiger partial charge in [0.2, 0.25) is 11.8 Å². The van der Waals surface area contributed by atoms with Gasteiger partial charge in [-0.2, -0.15) is 0 Å². The number of thioether (sulfide) groups is 1. The highest BCUT2D eigenvalue weighted by atomic mass is 32.2. The van der Waals surface area contributed by atoms with E-state index >= 15 is 0 Å². The lowest BCUT2D eigenvalue weighted by Crippen LogP contribution is -2.28. The number of hydrogen-bond donors (Lipinski definition) is 2. The normalized spacial score (nSPS) is 17.6. The molecule has 0 saturated carbocycles. The molecule has 27 heavy (non-hydrogen) atoms. The molecule has 0 radical (unpaired) electrons. The fraction of sp³-hybridized carbons (Fsp3) is 0.444. The van der Waals surface area contributed by atoms with Crippen molar-refractivity contribution in [3.63, 3.8) is 0 Å². The number of carbonyl (C=O) groups excluding carboxylic acids is 3. The first-order chi connectivity index (χ1) is 13.0. The highest BCUT2D eigenvalue weighted by Crippen LogP contribution is 2.23. The second kappa shape index (κ2) is 10.7. The fourth-order valence-corrected chi connectivity index (χ4v) is 3.36. The molecule has 1 aromatic carbocycles. The molecule has 2 N–H and O–H groups in total. The predicted octanol–water partition coefficient (Wildman–Crippen LogP) is 2.48. The Morgan fingerprint density at radius 1 is 1.26 bits per heavy atom. The van der Waals surface area contributed by atoms with E-state index in [4.69, 9.17) is 0 Å². The monoisotopic (exact) mass is 395 g/mol. The van der Waals surface area contributed by atoms with Crippen LogP contribution >= 0.6 is 11.8 Å². The van der Waals surface area contributed by atoms with E-state index in [1.54, 1.807) is 0 Å². The summed E-state index contributed by atoms with van der Waals surface area (Å²) in [5, 5.41) is 5.27. The number of rotatable bonds is 9. The lowest BCUT2D eigenvalue weighted by molar-refractivity contribution is -0.140. The molecule has 0 unspecified atom stereocenters. The Balaban J connectivity index is 1.70. The van der Waals surface area contributed by atoms with Gasteiger partial charge in [0.15, 0.2) is 5.17 Å². The number of aliphatic imine (C=N–C) groups is 1. The minimum atomic E-state index is -0.538. The number of esters is 1. The molecule has 0 bridgehead atoms. The molecule has 2 rings (SSSR count). The Kier molecular flexibility index (Phi) is 8.25. The third kappa shape index (κ3) is 7.38.